The van der Waals surface area contributed by atoms with E-state index >= 15 is 0 Å². The van der Waals surface area contributed by atoms with Crippen LogP contribution in [0.5, 0.6) is 0 Å². The number of hydrogen-bond donors (Lipinski definition) is 3. The Morgan fingerprint density at radius 3 is 2.15 bits per heavy atom. The lowest BCUT2D eigenvalue weighted by Crippen LogP contribution is -2.54. The van der Waals surface area contributed by atoms with Gasteiger partial charge in [0, 0.05) is 26.1 Å². The highest BCUT2D eigenvalue weighted by molar-refractivity contribution is 6.26. The summed E-state index contributed by atoms with van der Waals surface area (Å²) in [4.78, 5) is 77.3. The van der Waals surface area contributed by atoms with Crippen LogP contribution < -0.4 is 16.4 Å². The molecule has 1 aromatic carbocycles. The van der Waals surface area contributed by atoms with E-state index in [1.54, 1.807) is 20.8 Å². The van der Waals surface area contributed by atoms with Gasteiger partial charge in [-0.3, -0.25) is 34.2 Å². The van der Waals surface area contributed by atoms with Crippen molar-refractivity contribution in [2.45, 2.75) is 51.7 Å². The molecule has 1 fully saturated rings. The summed E-state index contributed by atoms with van der Waals surface area (Å²) in [5.74, 6) is -2.97. The Balaban J connectivity index is 1.30. The summed E-state index contributed by atoms with van der Waals surface area (Å²) in [5, 5.41) is 4.79. The molecule has 2 aliphatic heterocycles. The van der Waals surface area contributed by atoms with Crippen LogP contribution in [0, 0.1) is 0 Å². The van der Waals surface area contributed by atoms with Gasteiger partial charge < -0.3 is 39.6 Å². The van der Waals surface area contributed by atoms with Gasteiger partial charge in [-0.05, 0) is 39.3 Å². The number of rotatable bonds is 19. The highest BCUT2D eigenvalue weighted by atomic mass is 16.6. The Hall–Kier alpha value is -3.96. The SMILES string of the molecule is CC(C)(C)OC(=O)N(CCOCCN)CCOCCOCCOCCC(=O)Nc1cccc2c1C(=O)N(C1CCC(=O)NC1=O)C2=O. The third-order valence-electron chi connectivity index (χ3n) is 6.88. The Kier molecular flexibility index (Phi) is 14.7. The summed E-state index contributed by atoms with van der Waals surface area (Å²) in [7, 11) is 0. The van der Waals surface area contributed by atoms with E-state index < -0.39 is 47.3 Å². The van der Waals surface area contributed by atoms with Crippen molar-refractivity contribution < 1.29 is 52.5 Å². The molecule has 1 unspecified atom stereocenters. The van der Waals surface area contributed by atoms with Gasteiger partial charge in [-0.15, -0.1) is 0 Å². The number of carbonyl (C=O) groups is 6. The molecule has 0 spiro atoms. The van der Waals surface area contributed by atoms with Gasteiger partial charge in [0.25, 0.3) is 11.8 Å². The van der Waals surface area contributed by atoms with Crippen LogP contribution >= 0.6 is 0 Å². The predicted octanol–water partition coefficient (Wildman–Crippen LogP) is 0.679. The quantitative estimate of drug-likeness (QED) is 0.138. The molecule has 1 saturated heterocycles. The molecule has 1 aromatic rings. The number of ether oxygens (including phenoxy) is 5. The summed E-state index contributed by atoms with van der Waals surface area (Å²) in [5.41, 5.74) is 5.03. The first-order valence-electron chi connectivity index (χ1n) is 15.6. The number of fused-ring (bicyclic) bond motifs is 1. The molecule has 3 rings (SSSR count). The van der Waals surface area contributed by atoms with Crippen molar-refractivity contribution in [1.29, 1.82) is 0 Å². The number of anilines is 1. The van der Waals surface area contributed by atoms with Crippen LogP contribution in [0.2, 0.25) is 0 Å². The van der Waals surface area contributed by atoms with Crippen molar-refractivity contribution in [3.05, 3.63) is 29.3 Å². The second kappa shape index (κ2) is 18.4. The molecule has 0 aliphatic carbocycles. The van der Waals surface area contributed by atoms with E-state index in [9.17, 15) is 28.8 Å². The lowest BCUT2D eigenvalue weighted by atomic mass is 10.0. The lowest BCUT2D eigenvalue weighted by molar-refractivity contribution is -0.136. The number of benzene rings is 1. The smallest absolute Gasteiger partial charge is 0.410 e. The third kappa shape index (κ3) is 11.7. The van der Waals surface area contributed by atoms with Gasteiger partial charge >= 0.3 is 6.09 Å². The molecule has 0 radical (unpaired) electrons. The number of nitrogens with zero attached hydrogens (tertiary/aromatic N) is 2. The van der Waals surface area contributed by atoms with Gasteiger partial charge in [0.15, 0.2) is 0 Å². The lowest BCUT2D eigenvalue weighted by Gasteiger charge is -2.27. The van der Waals surface area contributed by atoms with E-state index in [2.05, 4.69) is 10.6 Å². The molecular formula is C31H45N5O11. The van der Waals surface area contributed by atoms with Gasteiger partial charge in [0.2, 0.25) is 17.7 Å². The minimum Gasteiger partial charge on any atom is -0.444 e. The largest absolute Gasteiger partial charge is 0.444 e. The molecule has 1 atom stereocenters. The Bertz CT molecular complexity index is 1280. The van der Waals surface area contributed by atoms with E-state index in [1.807, 2.05) is 0 Å². The van der Waals surface area contributed by atoms with Gasteiger partial charge in [-0.1, -0.05) is 6.07 Å². The van der Waals surface area contributed by atoms with E-state index in [1.165, 1.54) is 23.1 Å². The number of piperidine rings is 1. The molecule has 2 heterocycles. The summed E-state index contributed by atoms with van der Waals surface area (Å²) < 4.78 is 27.3. The maximum Gasteiger partial charge on any atom is 0.410 e. The standard InChI is InChI=1S/C31H45N5O11/c1-31(2,3)47-30(42)35(11-15-44-14-10-32)12-16-45-18-20-46-19-17-43-13-9-25(38)33-22-6-4-5-21-26(22)29(41)36(28(21)40)23-7-8-24(37)34-27(23)39/h4-6,23H,7-20,32H2,1-3H3,(H,33,38)(H,34,37,39). The first-order chi connectivity index (χ1) is 22.4. The zero-order valence-electron chi connectivity index (χ0n) is 27.2. The summed E-state index contributed by atoms with van der Waals surface area (Å²) in [6, 6.07) is 3.38. The van der Waals surface area contributed by atoms with Crippen molar-refractivity contribution in [3.63, 3.8) is 0 Å². The fraction of sp³-hybridized carbons (Fsp3) is 0.613. The van der Waals surface area contributed by atoms with Crippen LogP contribution in [0.25, 0.3) is 0 Å². The van der Waals surface area contributed by atoms with Crippen molar-refractivity contribution in [1.82, 2.24) is 15.1 Å². The molecular weight excluding hydrogens is 618 g/mol. The first-order valence-corrected chi connectivity index (χ1v) is 15.6. The van der Waals surface area contributed by atoms with Crippen molar-refractivity contribution in [2.24, 2.45) is 5.73 Å². The van der Waals surface area contributed by atoms with Crippen LogP contribution in [0.3, 0.4) is 0 Å². The molecule has 0 aromatic heterocycles. The number of amides is 6. The van der Waals surface area contributed by atoms with Gasteiger partial charge in [-0.25, -0.2) is 4.79 Å². The van der Waals surface area contributed by atoms with Crippen molar-refractivity contribution in [2.75, 3.05) is 77.8 Å². The average molecular weight is 664 g/mol. The topological polar surface area (TPSA) is 205 Å². The van der Waals surface area contributed by atoms with Crippen molar-refractivity contribution in [3.8, 4) is 0 Å². The highest BCUT2D eigenvalue weighted by Crippen LogP contribution is 2.32. The Morgan fingerprint density at radius 1 is 0.915 bits per heavy atom. The number of imide groups is 2. The van der Waals surface area contributed by atoms with E-state index in [-0.39, 0.29) is 62.5 Å². The summed E-state index contributed by atoms with van der Waals surface area (Å²) in [6.45, 7) is 8.67. The number of carbonyl (C=O) groups excluding carboxylic acids is 6. The van der Waals surface area contributed by atoms with Gasteiger partial charge in [0.05, 0.1) is 76.1 Å². The van der Waals surface area contributed by atoms with E-state index in [0.29, 0.717) is 46.1 Å². The zero-order valence-corrected chi connectivity index (χ0v) is 27.2. The molecule has 2 aliphatic rings. The molecule has 16 heteroatoms. The molecule has 4 N–H and O–H groups in total. The van der Waals surface area contributed by atoms with Crippen LogP contribution in [-0.2, 0) is 38.1 Å². The maximum atomic E-state index is 13.2. The molecule has 47 heavy (non-hydrogen) atoms. The van der Waals surface area contributed by atoms with E-state index in [0.717, 1.165) is 4.90 Å². The highest BCUT2D eigenvalue weighted by Gasteiger charge is 2.45. The predicted molar refractivity (Wildman–Crippen MR) is 166 cm³/mol. The number of hydrogen-bond acceptors (Lipinski definition) is 12. The summed E-state index contributed by atoms with van der Waals surface area (Å²) >= 11 is 0. The Labute approximate surface area is 273 Å². The Morgan fingerprint density at radius 2 is 1.53 bits per heavy atom. The third-order valence-corrected chi connectivity index (χ3v) is 6.88. The van der Waals surface area contributed by atoms with E-state index in [4.69, 9.17) is 29.4 Å². The zero-order chi connectivity index (χ0) is 34.4. The normalized spacial score (nSPS) is 16.3. The monoisotopic (exact) mass is 663 g/mol. The van der Waals surface area contributed by atoms with Crippen LogP contribution in [0.15, 0.2) is 18.2 Å². The van der Waals surface area contributed by atoms with Crippen molar-refractivity contribution >= 4 is 41.3 Å². The molecule has 0 bridgehead atoms. The second-order valence-electron chi connectivity index (χ2n) is 11.7. The molecule has 6 amide bonds. The van der Waals surface area contributed by atoms with Crippen LogP contribution in [0.4, 0.5) is 10.5 Å². The minimum atomic E-state index is -1.10. The number of nitrogens with two attached hydrogens (primary N) is 1. The number of nitrogens with one attached hydrogen (secondary N) is 2. The average Bonchev–Trinajstić information content (AvgIpc) is 3.26. The molecule has 260 valence electrons. The first kappa shape index (κ1) is 37.5. The van der Waals surface area contributed by atoms with Crippen LogP contribution in [-0.4, -0.2) is 130 Å². The van der Waals surface area contributed by atoms with Gasteiger partial charge in [0.1, 0.15) is 11.6 Å². The minimum absolute atomic E-state index is 0.00108. The molecule has 0 saturated carbocycles. The second-order valence-corrected chi connectivity index (χ2v) is 11.7. The van der Waals surface area contributed by atoms with Crippen LogP contribution in [0.1, 0.15) is 60.7 Å². The fourth-order valence-corrected chi connectivity index (χ4v) is 4.69. The summed E-state index contributed by atoms with van der Waals surface area (Å²) in [6.07, 6.45) is -0.424. The molecule has 16 nitrogen and oxygen atoms in total. The maximum absolute atomic E-state index is 13.2. The van der Waals surface area contributed by atoms with Gasteiger partial charge in [-0.2, -0.15) is 0 Å². The fourth-order valence-electron chi connectivity index (χ4n) is 4.69.